The van der Waals surface area contributed by atoms with Crippen molar-refractivity contribution in [1.29, 1.82) is 0 Å². The van der Waals surface area contributed by atoms with Crippen LogP contribution in [0, 0.1) is 0 Å². The number of hydrogen-bond acceptors (Lipinski definition) is 4. The standard InChI is InChI=1S/C13H15N3O/c1-10(14)11-5-2-3-6-12(11)17-9-13-15-7-4-8-16-13/h2-8,10H,9,14H2,1H3. The predicted octanol–water partition coefficient (Wildman–Crippen LogP) is 2.08. The molecule has 2 rings (SSSR count). The van der Waals surface area contributed by atoms with E-state index in [1.54, 1.807) is 18.5 Å². The molecule has 0 spiro atoms. The zero-order valence-electron chi connectivity index (χ0n) is 9.71. The summed E-state index contributed by atoms with van der Waals surface area (Å²) in [5.41, 5.74) is 6.86. The smallest absolute Gasteiger partial charge is 0.166 e. The average Bonchev–Trinajstić information content (AvgIpc) is 2.38. The molecular weight excluding hydrogens is 214 g/mol. The quantitative estimate of drug-likeness (QED) is 0.871. The fraction of sp³-hybridized carbons (Fsp3) is 0.231. The number of rotatable bonds is 4. The van der Waals surface area contributed by atoms with Crippen LogP contribution in [-0.4, -0.2) is 9.97 Å². The number of benzene rings is 1. The fourth-order valence-corrected chi connectivity index (χ4v) is 1.53. The van der Waals surface area contributed by atoms with Crippen molar-refractivity contribution in [3.63, 3.8) is 0 Å². The third-order valence-electron chi connectivity index (χ3n) is 2.39. The highest BCUT2D eigenvalue weighted by molar-refractivity contribution is 5.35. The van der Waals surface area contributed by atoms with Gasteiger partial charge in [-0.1, -0.05) is 18.2 Å². The van der Waals surface area contributed by atoms with E-state index < -0.39 is 0 Å². The highest BCUT2D eigenvalue weighted by Crippen LogP contribution is 2.23. The molecule has 0 bridgehead atoms. The topological polar surface area (TPSA) is 61.0 Å². The third-order valence-corrected chi connectivity index (χ3v) is 2.39. The van der Waals surface area contributed by atoms with Crippen LogP contribution in [0.3, 0.4) is 0 Å². The molecule has 0 fully saturated rings. The second kappa shape index (κ2) is 5.41. The lowest BCUT2D eigenvalue weighted by Gasteiger charge is -2.13. The van der Waals surface area contributed by atoms with Crippen molar-refractivity contribution in [2.45, 2.75) is 19.6 Å². The van der Waals surface area contributed by atoms with Crippen LogP contribution in [0.15, 0.2) is 42.7 Å². The van der Waals surface area contributed by atoms with Gasteiger partial charge in [0.05, 0.1) is 0 Å². The van der Waals surface area contributed by atoms with Crippen LogP contribution in [0.1, 0.15) is 24.4 Å². The first-order valence-electron chi connectivity index (χ1n) is 5.50. The largest absolute Gasteiger partial charge is 0.485 e. The van der Waals surface area contributed by atoms with E-state index in [9.17, 15) is 0 Å². The van der Waals surface area contributed by atoms with Crippen LogP contribution in [-0.2, 0) is 6.61 Å². The molecule has 0 aliphatic carbocycles. The second-order valence-corrected chi connectivity index (χ2v) is 3.78. The molecule has 17 heavy (non-hydrogen) atoms. The lowest BCUT2D eigenvalue weighted by molar-refractivity contribution is 0.291. The van der Waals surface area contributed by atoms with Crippen LogP contribution in [0.25, 0.3) is 0 Å². The second-order valence-electron chi connectivity index (χ2n) is 3.78. The monoisotopic (exact) mass is 229 g/mol. The number of ether oxygens (including phenoxy) is 1. The Morgan fingerprint density at radius 3 is 2.59 bits per heavy atom. The Bertz CT molecular complexity index is 471. The molecule has 1 aromatic heterocycles. The maximum atomic E-state index is 5.87. The lowest BCUT2D eigenvalue weighted by atomic mass is 10.1. The van der Waals surface area contributed by atoms with Gasteiger partial charge in [-0.05, 0) is 19.1 Å². The molecule has 2 N–H and O–H groups in total. The fourth-order valence-electron chi connectivity index (χ4n) is 1.53. The Hall–Kier alpha value is -1.94. The van der Waals surface area contributed by atoms with Gasteiger partial charge in [-0.2, -0.15) is 0 Å². The molecule has 0 radical (unpaired) electrons. The first-order valence-corrected chi connectivity index (χ1v) is 5.50. The number of aromatic nitrogens is 2. The molecule has 0 saturated carbocycles. The molecular formula is C13H15N3O. The Kier molecular flexibility index (Phi) is 3.67. The normalized spacial score (nSPS) is 12.1. The highest BCUT2D eigenvalue weighted by atomic mass is 16.5. The van der Waals surface area contributed by atoms with Crippen molar-refractivity contribution in [1.82, 2.24) is 9.97 Å². The summed E-state index contributed by atoms with van der Waals surface area (Å²) in [6, 6.07) is 9.47. The van der Waals surface area contributed by atoms with Gasteiger partial charge in [-0.3, -0.25) is 0 Å². The van der Waals surface area contributed by atoms with E-state index in [1.807, 2.05) is 31.2 Å². The van der Waals surface area contributed by atoms with E-state index in [0.717, 1.165) is 11.3 Å². The van der Waals surface area contributed by atoms with E-state index in [-0.39, 0.29) is 6.04 Å². The highest BCUT2D eigenvalue weighted by Gasteiger charge is 2.07. The first kappa shape index (κ1) is 11.5. The molecule has 0 aliphatic heterocycles. The van der Waals surface area contributed by atoms with E-state index in [4.69, 9.17) is 10.5 Å². The summed E-state index contributed by atoms with van der Waals surface area (Å²) < 4.78 is 5.68. The van der Waals surface area contributed by atoms with Crippen molar-refractivity contribution in [2.24, 2.45) is 5.73 Å². The van der Waals surface area contributed by atoms with Gasteiger partial charge in [0.1, 0.15) is 12.4 Å². The van der Waals surface area contributed by atoms with Crippen molar-refractivity contribution in [3.05, 3.63) is 54.1 Å². The van der Waals surface area contributed by atoms with Gasteiger partial charge in [0, 0.05) is 24.0 Å². The Balaban J connectivity index is 2.09. The Morgan fingerprint density at radius 1 is 1.18 bits per heavy atom. The Labute approximate surface area is 100 Å². The summed E-state index contributed by atoms with van der Waals surface area (Å²) in [5.74, 6) is 1.45. The Morgan fingerprint density at radius 2 is 1.88 bits per heavy atom. The predicted molar refractivity (Wildman–Crippen MR) is 65.4 cm³/mol. The van der Waals surface area contributed by atoms with E-state index >= 15 is 0 Å². The minimum Gasteiger partial charge on any atom is -0.485 e. The number of nitrogens with two attached hydrogens (primary N) is 1. The maximum Gasteiger partial charge on any atom is 0.166 e. The number of hydrogen-bond donors (Lipinski definition) is 1. The molecule has 2 aromatic rings. The van der Waals surface area contributed by atoms with Crippen LogP contribution in [0.4, 0.5) is 0 Å². The van der Waals surface area contributed by atoms with Crippen molar-refractivity contribution in [2.75, 3.05) is 0 Å². The van der Waals surface area contributed by atoms with Gasteiger partial charge in [-0.25, -0.2) is 9.97 Å². The molecule has 1 atom stereocenters. The molecule has 4 nitrogen and oxygen atoms in total. The van der Waals surface area contributed by atoms with Crippen molar-refractivity contribution < 1.29 is 4.74 Å². The number of para-hydroxylation sites is 1. The van der Waals surface area contributed by atoms with Gasteiger partial charge in [0.25, 0.3) is 0 Å². The van der Waals surface area contributed by atoms with Crippen molar-refractivity contribution >= 4 is 0 Å². The van der Waals surface area contributed by atoms with Gasteiger partial charge < -0.3 is 10.5 Å². The van der Waals surface area contributed by atoms with Crippen LogP contribution in [0.2, 0.25) is 0 Å². The lowest BCUT2D eigenvalue weighted by Crippen LogP contribution is -2.08. The molecule has 1 heterocycles. The van der Waals surface area contributed by atoms with E-state index in [0.29, 0.717) is 12.4 Å². The van der Waals surface area contributed by atoms with Crippen molar-refractivity contribution in [3.8, 4) is 5.75 Å². The average molecular weight is 229 g/mol. The third kappa shape index (κ3) is 3.01. The summed E-state index contributed by atoms with van der Waals surface area (Å²) >= 11 is 0. The minimum absolute atomic E-state index is 0.0529. The van der Waals surface area contributed by atoms with Crippen LogP contribution < -0.4 is 10.5 Å². The zero-order valence-corrected chi connectivity index (χ0v) is 9.71. The summed E-state index contributed by atoms with van der Waals surface area (Å²) in [6.07, 6.45) is 3.40. The minimum atomic E-state index is -0.0529. The zero-order chi connectivity index (χ0) is 12.1. The molecule has 0 amide bonds. The maximum absolute atomic E-state index is 5.87. The summed E-state index contributed by atoms with van der Waals surface area (Å²) in [7, 11) is 0. The van der Waals surface area contributed by atoms with Gasteiger partial charge >= 0.3 is 0 Å². The van der Waals surface area contributed by atoms with Gasteiger partial charge in [0.2, 0.25) is 0 Å². The molecule has 88 valence electrons. The first-order chi connectivity index (χ1) is 8.27. The van der Waals surface area contributed by atoms with Gasteiger partial charge in [-0.15, -0.1) is 0 Å². The molecule has 0 aliphatic rings. The van der Waals surface area contributed by atoms with Gasteiger partial charge in [0.15, 0.2) is 5.82 Å². The van der Waals surface area contributed by atoms with E-state index in [2.05, 4.69) is 9.97 Å². The SMILES string of the molecule is CC(N)c1ccccc1OCc1ncccn1. The summed E-state index contributed by atoms with van der Waals surface area (Å²) in [4.78, 5) is 8.20. The molecule has 0 saturated heterocycles. The van der Waals surface area contributed by atoms with E-state index in [1.165, 1.54) is 0 Å². The van der Waals surface area contributed by atoms with Crippen LogP contribution in [0.5, 0.6) is 5.75 Å². The molecule has 1 unspecified atom stereocenters. The summed E-state index contributed by atoms with van der Waals surface area (Å²) in [6.45, 7) is 2.28. The summed E-state index contributed by atoms with van der Waals surface area (Å²) in [5, 5.41) is 0. The molecule has 1 aromatic carbocycles. The van der Waals surface area contributed by atoms with Crippen LogP contribution >= 0.6 is 0 Å². The molecule has 4 heteroatoms. The number of nitrogens with zero attached hydrogens (tertiary/aromatic N) is 2.